The lowest BCUT2D eigenvalue weighted by molar-refractivity contribution is -0.113. The van der Waals surface area contributed by atoms with Gasteiger partial charge in [-0.25, -0.2) is 9.18 Å². The Balaban J connectivity index is 1.27. The van der Waals surface area contributed by atoms with E-state index in [2.05, 4.69) is 20.8 Å². The van der Waals surface area contributed by atoms with E-state index >= 15 is 0 Å². The fourth-order valence-electron chi connectivity index (χ4n) is 4.85. The second-order valence-electron chi connectivity index (χ2n) is 9.48. The van der Waals surface area contributed by atoms with Gasteiger partial charge in [-0.15, -0.1) is 21.5 Å². The molecule has 5 rings (SSSR count). The van der Waals surface area contributed by atoms with E-state index in [4.69, 9.17) is 9.47 Å². The summed E-state index contributed by atoms with van der Waals surface area (Å²) in [6.45, 7) is 3.77. The number of thioether (sulfide) groups is 1. The molecule has 39 heavy (non-hydrogen) atoms. The van der Waals surface area contributed by atoms with Crippen LogP contribution in [0.1, 0.15) is 59.2 Å². The van der Waals surface area contributed by atoms with Crippen LogP contribution in [0.5, 0.6) is 0 Å². The third-order valence-electron chi connectivity index (χ3n) is 6.73. The zero-order valence-electron chi connectivity index (χ0n) is 21.8. The highest BCUT2D eigenvalue weighted by Gasteiger charge is 2.28. The van der Waals surface area contributed by atoms with Crippen LogP contribution in [-0.2, 0) is 40.2 Å². The Kier molecular flexibility index (Phi) is 9.15. The highest BCUT2D eigenvalue weighted by Crippen LogP contribution is 2.38. The minimum atomic E-state index is -0.380. The summed E-state index contributed by atoms with van der Waals surface area (Å²) in [5, 5.41) is 16.1. The van der Waals surface area contributed by atoms with E-state index in [1.807, 2.05) is 4.57 Å². The van der Waals surface area contributed by atoms with Gasteiger partial charge in [0, 0.05) is 17.2 Å². The Bertz CT molecular complexity index is 1300. The molecule has 2 aromatic heterocycles. The molecule has 0 saturated carbocycles. The van der Waals surface area contributed by atoms with Crippen LogP contribution in [0.4, 0.5) is 15.1 Å². The highest BCUT2D eigenvalue weighted by molar-refractivity contribution is 7.99. The van der Waals surface area contributed by atoms with Crippen LogP contribution in [0.15, 0.2) is 29.4 Å². The molecule has 2 N–H and O–H groups in total. The van der Waals surface area contributed by atoms with Crippen molar-refractivity contribution in [3.63, 3.8) is 0 Å². The molecule has 1 aliphatic heterocycles. The van der Waals surface area contributed by atoms with Crippen molar-refractivity contribution in [1.29, 1.82) is 0 Å². The van der Waals surface area contributed by atoms with Crippen LogP contribution in [0, 0.1) is 5.82 Å². The molecule has 0 bridgehead atoms. The van der Waals surface area contributed by atoms with Gasteiger partial charge in [-0.2, -0.15) is 0 Å². The molecular formula is C27H32FN5O4S2. The van der Waals surface area contributed by atoms with E-state index in [1.165, 1.54) is 35.2 Å². The Labute approximate surface area is 234 Å². The van der Waals surface area contributed by atoms with Crippen molar-refractivity contribution in [3.05, 3.63) is 51.9 Å². The summed E-state index contributed by atoms with van der Waals surface area (Å²) in [6, 6.07) is 6.14. The number of aryl methyl sites for hydroxylation is 1. The maximum Gasteiger partial charge on any atom is 0.341 e. The summed E-state index contributed by atoms with van der Waals surface area (Å²) in [4.78, 5) is 26.9. The average Bonchev–Trinajstić information content (AvgIpc) is 3.67. The summed E-state index contributed by atoms with van der Waals surface area (Å²) in [5.74, 6) is -0.0828. The Morgan fingerprint density at radius 1 is 1.21 bits per heavy atom. The van der Waals surface area contributed by atoms with Crippen LogP contribution in [-0.4, -0.2) is 51.7 Å². The Morgan fingerprint density at radius 3 is 2.79 bits per heavy atom. The summed E-state index contributed by atoms with van der Waals surface area (Å²) in [5.41, 5.74) is 2.29. The van der Waals surface area contributed by atoms with Gasteiger partial charge >= 0.3 is 5.97 Å². The molecule has 2 aliphatic rings. The van der Waals surface area contributed by atoms with Gasteiger partial charge in [-0.1, -0.05) is 11.8 Å². The number of carbonyl (C=O) groups is 2. The topological polar surface area (TPSA) is 107 Å². The molecule has 0 spiro atoms. The predicted molar refractivity (Wildman–Crippen MR) is 149 cm³/mol. The average molecular weight is 574 g/mol. The number of amides is 1. The summed E-state index contributed by atoms with van der Waals surface area (Å²) < 4.78 is 26.4. The summed E-state index contributed by atoms with van der Waals surface area (Å²) in [7, 11) is 0. The lowest BCUT2D eigenvalue weighted by Gasteiger charge is -2.15. The Hall–Kier alpha value is -2.96. The maximum atomic E-state index is 13.3. The van der Waals surface area contributed by atoms with Gasteiger partial charge in [-0.3, -0.25) is 4.79 Å². The van der Waals surface area contributed by atoms with Crippen LogP contribution in [0.3, 0.4) is 0 Å². The number of benzene rings is 1. The Morgan fingerprint density at radius 2 is 2.03 bits per heavy atom. The first-order valence-electron chi connectivity index (χ1n) is 13.3. The predicted octanol–water partition coefficient (Wildman–Crippen LogP) is 5.06. The summed E-state index contributed by atoms with van der Waals surface area (Å²) >= 11 is 2.77. The number of nitrogens with one attached hydrogen (secondary N) is 2. The molecule has 1 aliphatic carbocycles. The highest BCUT2D eigenvalue weighted by atomic mass is 32.2. The van der Waals surface area contributed by atoms with Crippen molar-refractivity contribution in [2.45, 2.75) is 69.8 Å². The van der Waals surface area contributed by atoms with Gasteiger partial charge < -0.3 is 24.7 Å². The number of thiophene rings is 1. The number of hydrogen-bond donors (Lipinski definition) is 2. The quantitative estimate of drug-likeness (QED) is 0.242. The van der Waals surface area contributed by atoms with E-state index in [1.54, 1.807) is 19.1 Å². The second kappa shape index (κ2) is 12.9. The van der Waals surface area contributed by atoms with Crippen LogP contribution in [0.25, 0.3) is 0 Å². The molecule has 1 saturated heterocycles. The second-order valence-corrected chi connectivity index (χ2v) is 11.5. The third kappa shape index (κ3) is 6.79. The van der Waals surface area contributed by atoms with E-state index in [-0.39, 0.29) is 36.2 Å². The molecule has 3 heterocycles. The number of esters is 1. The molecule has 3 aromatic rings. The SMILES string of the molecule is CCOC(=O)c1c(NC(=O)CSc2nnc(CNc3ccc(F)cc3)n2CC2CCCO2)sc2c1CCCC2. The summed E-state index contributed by atoms with van der Waals surface area (Å²) in [6.07, 6.45) is 5.87. The van der Waals surface area contributed by atoms with Crippen LogP contribution < -0.4 is 10.6 Å². The van der Waals surface area contributed by atoms with Gasteiger partial charge in [0.05, 0.1) is 37.1 Å². The first kappa shape index (κ1) is 27.6. The fraction of sp³-hybridized carbons (Fsp3) is 0.481. The lowest BCUT2D eigenvalue weighted by Crippen LogP contribution is -2.20. The molecule has 1 atom stereocenters. The number of nitrogens with zero attached hydrogens (tertiary/aromatic N) is 3. The van der Waals surface area contributed by atoms with Gasteiger partial charge in [0.25, 0.3) is 0 Å². The molecular weight excluding hydrogens is 541 g/mol. The number of anilines is 2. The third-order valence-corrected chi connectivity index (χ3v) is 8.91. The fourth-order valence-corrected chi connectivity index (χ4v) is 6.91. The van der Waals surface area contributed by atoms with Crippen molar-refractivity contribution in [3.8, 4) is 0 Å². The van der Waals surface area contributed by atoms with Crippen LogP contribution in [0.2, 0.25) is 0 Å². The number of carbonyl (C=O) groups excluding carboxylic acids is 2. The number of hydrogen-bond acceptors (Lipinski definition) is 9. The number of rotatable bonds is 11. The number of fused-ring (bicyclic) bond motifs is 1. The molecule has 208 valence electrons. The van der Waals surface area contributed by atoms with E-state index in [0.29, 0.717) is 34.6 Å². The van der Waals surface area contributed by atoms with Gasteiger partial charge in [-0.05, 0) is 75.3 Å². The first-order chi connectivity index (χ1) is 19.0. The van der Waals surface area contributed by atoms with Crippen LogP contribution >= 0.6 is 23.1 Å². The largest absolute Gasteiger partial charge is 0.462 e. The van der Waals surface area contributed by atoms with Crippen molar-refractivity contribution in [2.75, 3.05) is 29.6 Å². The number of halogens is 1. The first-order valence-corrected chi connectivity index (χ1v) is 15.1. The van der Waals surface area contributed by atoms with Crippen molar-refractivity contribution < 1.29 is 23.5 Å². The monoisotopic (exact) mass is 573 g/mol. The van der Waals surface area contributed by atoms with E-state index in [0.717, 1.165) is 61.3 Å². The van der Waals surface area contributed by atoms with E-state index < -0.39 is 0 Å². The molecule has 1 aromatic carbocycles. The minimum Gasteiger partial charge on any atom is -0.462 e. The van der Waals surface area contributed by atoms with Crippen molar-refractivity contribution in [2.24, 2.45) is 0 Å². The molecule has 1 amide bonds. The van der Waals surface area contributed by atoms with Gasteiger partial charge in [0.1, 0.15) is 10.8 Å². The van der Waals surface area contributed by atoms with Crippen molar-refractivity contribution >= 4 is 45.7 Å². The van der Waals surface area contributed by atoms with E-state index in [9.17, 15) is 14.0 Å². The number of ether oxygens (including phenoxy) is 2. The normalized spacial score (nSPS) is 16.6. The molecule has 0 radical (unpaired) electrons. The minimum absolute atomic E-state index is 0.0586. The standard InChI is InChI=1S/C27H32FN5O4S2/c1-2-36-26(35)24-20-7-3-4-8-21(20)39-25(24)30-23(34)16-38-27-32-31-22(33(27)15-19-6-5-13-37-19)14-29-18-11-9-17(28)10-12-18/h9-12,19,29H,2-8,13-16H2,1H3,(H,30,34). The lowest BCUT2D eigenvalue weighted by atomic mass is 9.95. The van der Waals surface area contributed by atoms with Crippen molar-refractivity contribution in [1.82, 2.24) is 14.8 Å². The molecule has 1 unspecified atom stereocenters. The molecule has 1 fully saturated rings. The van der Waals surface area contributed by atoms with Gasteiger partial charge in [0.15, 0.2) is 11.0 Å². The zero-order valence-corrected chi connectivity index (χ0v) is 23.5. The molecule has 9 nitrogen and oxygen atoms in total. The zero-order chi connectivity index (χ0) is 27.2. The van der Waals surface area contributed by atoms with Gasteiger partial charge in [0.2, 0.25) is 5.91 Å². The smallest absolute Gasteiger partial charge is 0.341 e. The molecule has 12 heteroatoms. The maximum absolute atomic E-state index is 13.3. The number of aromatic nitrogens is 3.